The molecule has 3 rings (SSSR count). The molecule has 0 N–H and O–H groups in total. The van der Waals surface area contributed by atoms with Crippen LogP contribution in [0.4, 0.5) is 0 Å². The molecule has 0 saturated carbocycles. The van der Waals surface area contributed by atoms with Gasteiger partial charge in [-0.1, -0.05) is 36.4 Å². The Hall–Kier alpha value is -3.28. The molecule has 0 fully saturated rings. The van der Waals surface area contributed by atoms with Crippen LogP contribution in [0.1, 0.15) is 27.5 Å². The van der Waals surface area contributed by atoms with Crippen molar-refractivity contribution in [2.75, 3.05) is 21.3 Å². The van der Waals surface area contributed by atoms with Crippen LogP contribution in [-0.2, 0) is 16.1 Å². The van der Waals surface area contributed by atoms with Gasteiger partial charge in [-0.15, -0.1) is 0 Å². The van der Waals surface area contributed by atoms with Crippen LogP contribution in [0.3, 0.4) is 0 Å². The fourth-order valence-corrected chi connectivity index (χ4v) is 3.17. The van der Waals surface area contributed by atoms with Crippen molar-refractivity contribution < 1.29 is 23.8 Å². The number of esters is 1. The van der Waals surface area contributed by atoms with Gasteiger partial charge in [-0.05, 0) is 23.3 Å². The van der Waals surface area contributed by atoms with Gasteiger partial charge in [-0.3, -0.25) is 4.79 Å². The van der Waals surface area contributed by atoms with Crippen molar-refractivity contribution in [1.82, 2.24) is 4.90 Å². The largest absolute Gasteiger partial charge is 0.493 e. The zero-order chi connectivity index (χ0) is 19.4. The van der Waals surface area contributed by atoms with Crippen molar-refractivity contribution in [3.8, 4) is 11.5 Å². The molecule has 1 unspecified atom stereocenters. The summed E-state index contributed by atoms with van der Waals surface area (Å²) in [5.74, 6) is 0.411. The molecule has 0 aliphatic carbocycles. The lowest BCUT2D eigenvalue weighted by Crippen LogP contribution is -2.26. The maximum absolute atomic E-state index is 13.1. The predicted molar refractivity (Wildman–Crippen MR) is 99.8 cm³/mol. The van der Waals surface area contributed by atoms with E-state index in [9.17, 15) is 9.59 Å². The Morgan fingerprint density at radius 1 is 1.07 bits per heavy atom. The molecule has 2 aromatic carbocycles. The zero-order valence-electron chi connectivity index (χ0n) is 15.5. The van der Waals surface area contributed by atoms with Gasteiger partial charge < -0.3 is 19.1 Å². The average Bonchev–Trinajstić information content (AvgIpc) is 2.96. The maximum Gasteiger partial charge on any atom is 0.330 e. The monoisotopic (exact) mass is 367 g/mol. The van der Waals surface area contributed by atoms with Gasteiger partial charge in [0.25, 0.3) is 5.91 Å². The van der Waals surface area contributed by atoms with Crippen LogP contribution >= 0.6 is 0 Å². The quantitative estimate of drug-likeness (QED) is 0.580. The van der Waals surface area contributed by atoms with Gasteiger partial charge in [0, 0.05) is 18.2 Å². The smallest absolute Gasteiger partial charge is 0.330 e. The molecule has 1 heterocycles. The van der Waals surface area contributed by atoms with E-state index in [4.69, 9.17) is 9.47 Å². The highest BCUT2D eigenvalue weighted by Gasteiger charge is 2.36. The fraction of sp³-hybridized carbons (Fsp3) is 0.238. The van der Waals surface area contributed by atoms with Crippen molar-refractivity contribution in [1.29, 1.82) is 0 Å². The third kappa shape index (κ3) is 3.65. The average molecular weight is 367 g/mol. The molecule has 0 aromatic heterocycles. The summed E-state index contributed by atoms with van der Waals surface area (Å²) in [6, 6.07) is 12.7. The molecule has 140 valence electrons. The van der Waals surface area contributed by atoms with Gasteiger partial charge in [-0.2, -0.15) is 0 Å². The second kappa shape index (κ2) is 7.95. The minimum atomic E-state index is -0.476. The topological polar surface area (TPSA) is 65.1 Å². The lowest BCUT2D eigenvalue weighted by Gasteiger charge is -2.23. The Bertz CT molecular complexity index is 876. The number of hydrogen-bond acceptors (Lipinski definition) is 5. The van der Waals surface area contributed by atoms with E-state index >= 15 is 0 Å². The van der Waals surface area contributed by atoms with Crippen molar-refractivity contribution >= 4 is 11.9 Å². The highest BCUT2D eigenvalue weighted by Crippen LogP contribution is 2.41. The SMILES string of the molecule is COC(=O)/C=C/C1c2cc(OC)c(OC)cc2C(=O)N1Cc1ccccc1. The zero-order valence-corrected chi connectivity index (χ0v) is 15.5. The van der Waals surface area contributed by atoms with Gasteiger partial charge in [0.2, 0.25) is 0 Å². The highest BCUT2D eigenvalue weighted by molar-refractivity contribution is 6.00. The van der Waals surface area contributed by atoms with Crippen molar-refractivity contribution in [3.05, 3.63) is 71.3 Å². The summed E-state index contributed by atoms with van der Waals surface area (Å²) in [6.07, 6.45) is 3.01. The first kappa shape index (κ1) is 18.5. The molecule has 0 spiro atoms. The van der Waals surface area contributed by atoms with Crippen LogP contribution in [0.5, 0.6) is 11.5 Å². The Balaban J connectivity index is 2.05. The number of methoxy groups -OCH3 is 3. The van der Waals surface area contributed by atoms with E-state index in [0.29, 0.717) is 23.6 Å². The third-order valence-corrected chi connectivity index (χ3v) is 4.51. The number of nitrogens with zero attached hydrogens (tertiary/aromatic N) is 1. The summed E-state index contributed by atoms with van der Waals surface area (Å²) < 4.78 is 15.4. The number of rotatable bonds is 6. The van der Waals surface area contributed by atoms with Crippen LogP contribution in [0, 0.1) is 0 Å². The molecule has 1 aliphatic heterocycles. The Kier molecular flexibility index (Phi) is 5.45. The second-order valence-electron chi connectivity index (χ2n) is 6.04. The molecule has 1 atom stereocenters. The molecule has 6 heteroatoms. The van der Waals surface area contributed by atoms with E-state index in [1.165, 1.54) is 20.3 Å². The summed E-state index contributed by atoms with van der Waals surface area (Å²) in [5.41, 5.74) is 2.28. The number of carbonyl (C=O) groups is 2. The van der Waals surface area contributed by atoms with Crippen LogP contribution in [0.2, 0.25) is 0 Å². The lowest BCUT2D eigenvalue weighted by molar-refractivity contribution is -0.134. The van der Waals surface area contributed by atoms with Crippen molar-refractivity contribution in [2.24, 2.45) is 0 Å². The number of fused-ring (bicyclic) bond motifs is 1. The van der Waals surface area contributed by atoms with Gasteiger partial charge in [-0.25, -0.2) is 4.79 Å². The molecule has 2 aromatic rings. The van der Waals surface area contributed by atoms with Gasteiger partial charge in [0.15, 0.2) is 11.5 Å². The predicted octanol–water partition coefficient (Wildman–Crippen LogP) is 3.13. The van der Waals surface area contributed by atoms with E-state index in [0.717, 1.165) is 11.1 Å². The molecule has 0 saturated heterocycles. The molecule has 0 radical (unpaired) electrons. The Morgan fingerprint density at radius 3 is 2.37 bits per heavy atom. The molecule has 1 aliphatic rings. The summed E-state index contributed by atoms with van der Waals surface area (Å²) in [4.78, 5) is 26.4. The molecule has 0 bridgehead atoms. The number of hydrogen-bond donors (Lipinski definition) is 0. The van der Waals surface area contributed by atoms with E-state index in [2.05, 4.69) is 4.74 Å². The van der Waals surface area contributed by atoms with Crippen LogP contribution < -0.4 is 9.47 Å². The Morgan fingerprint density at radius 2 is 1.74 bits per heavy atom. The summed E-state index contributed by atoms with van der Waals surface area (Å²) >= 11 is 0. The van der Waals surface area contributed by atoms with Gasteiger partial charge in [0.1, 0.15) is 0 Å². The molecule has 1 amide bonds. The number of amides is 1. The summed E-state index contributed by atoms with van der Waals surface area (Å²) in [5, 5.41) is 0. The normalized spacial score (nSPS) is 15.7. The molecular formula is C21H21NO5. The van der Waals surface area contributed by atoms with Crippen LogP contribution in [0.15, 0.2) is 54.6 Å². The van der Waals surface area contributed by atoms with Gasteiger partial charge >= 0.3 is 5.97 Å². The number of ether oxygens (including phenoxy) is 3. The number of carbonyl (C=O) groups excluding carboxylic acids is 2. The van der Waals surface area contributed by atoms with E-state index in [1.807, 2.05) is 30.3 Å². The lowest BCUT2D eigenvalue weighted by atomic mass is 10.0. The van der Waals surface area contributed by atoms with E-state index in [-0.39, 0.29) is 5.91 Å². The summed E-state index contributed by atoms with van der Waals surface area (Å²) in [6.45, 7) is 0.412. The molecular weight excluding hydrogens is 346 g/mol. The molecule has 27 heavy (non-hydrogen) atoms. The van der Waals surface area contributed by atoms with Crippen LogP contribution in [-0.4, -0.2) is 38.1 Å². The van der Waals surface area contributed by atoms with Crippen LogP contribution in [0.25, 0.3) is 0 Å². The summed E-state index contributed by atoms with van der Waals surface area (Å²) in [7, 11) is 4.39. The molecule has 6 nitrogen and oxygen atoms in total. The van der Waals surface area contributed by atoms with Crippen molar-refractivity contribution in [3.63, 3.8) is 0 Å². The van der Waals surface area contributed by atoms with Gasteiger partial charge in [0.05, 0.1) is 27.4 Å². The standard InChI is InChI=1S/C21H21NO5/c1-25-18-11-15-16(12-19(18)26-2)21(24)22(13-14-7-5-4-6-8-14)17(15)9-10-20(23)27-3/h4-12,17H,13H2,1-3H3/b10-9+. The van der Waals surface area contributed by atoms with E-state index in [1.54, 1.807) is 30.2 Å². The van der Waals surface area contributed by atoms with E-state index < -0.39 is 12.0 Å². The second-order valence-corrected chi connectivity index (χ2v) is 6.04. The minimum Gasteiger partial charge on any atom is -0.493 e. The first-order valence-electron chi connectivity index (χ1n) is 8.46. The van der Waals surface area contributed by atoms with Crippen molar-refractivity contribution in [2.45, 2.75) is 12.6 Å². The fourth-order valence-electron chi connectivity index (χ4n) is 3.17. The third-order valence-electron chi connectivity index (χ3n) is 4.51. The Labute approximate surface area is 158 Å². The number of benzene rings is 2. The first-order chi connectivity index (χ1) is 13.1. The minimum absolute atomic E-state index is 0.130. The maximum atomic E-state index is 13.1. The highest BCUT2D eigenvalue weighted by atomic mass is 16.5. The first-order valence-corrected chi connectivity index (χ1v) is 8.46.